The van der Waals surface area contributed by atoms with Crippen molar-refractivity contribution in [2.45, 2.75) is 0 Å². The normalized spacial score (nSPS) is 15.6. The van der Waals surface area contributed by atoms with Gasteiger partial charge in [-0.05, 0) is 24.3 Å². The molecule has 2 aliphatic rings. The molecule has 9 heteroatoms. The molecule has 0 N–H and O–H groups in total. The van der Waals surface area contributed by atoms with Gasteiger partial charge < -0.3 is 28.7 Å². The molecule has 0 saturated carbocycles. The van der Waals surface area contributed by atoms with E-state index < -0.39 is 0 Å². The molecule has 9 nitrogen and oxygen atoms in total. The number of hydrogen-bond donors (Lipinski definition) is 0. The molecule has 0 radical (unpaired) electrons. The van der Waals surface area contributed by atoms with Crippen LogP contribution in [-0.4, -0.2) is 74.4 Å². The zero-order valence-corrected chi connectivity index (χ0v) is 18.0. The number of methoxy groups -OCH3 is 2. The molecule has 1 saturated heterocycles. The Morgan fingerprint density at radius 1 is 0.906 bits per heavy atom. The van der Waals surface area contributed by atoms with Crippen LogP contribution in [0.1, 0.15) is 10.4 Å². The van der Waals surface area contributed by atoms with Gasteiger partial charge in [-0.3, -0.25) is 4.79 Å². The van der Waals surface area contributed by atoms with Crippen molar-refractivity contribution in [3.05, 3.63) is 42.2 Å². The minimum absolute atomic E-state index is 0.0298. The Morgan fingerprint density at radius 2 is 1.62 bits per heavy atom. The maximum atomic E-state index is 13.0. The van der Waals surface area contributed by atoms with Crippen LogP contribution in [-0.2, 0) is 0 Å². The van der Waals surface area contributed by atoms with Crippen LogP contribution in [0.5, 0.6) is 23.0 Å². The molecule has 32 heavy (non-hydrogen) atoms. The number of aromatic nitrogens is 2. The number of carbonyl (C=O) groups is 1. The number of amides is 1. The Morgan fingerprint density at radius 3 is 2.34 bits per heavy atom. The van der Waals surface area contributed by atoms with Gasteiger partial charge in [0.2, 0.25) is 0 Å². The summed E-state index contributed by atoms with van der Waals surface area (Å²) in [6.45, 7) is 3.57. The predicted octanol–water partition coefficient (Wildman–Crippen LogP) is 2.38. The fourth-order valence-electron chi connectivity index (χ4n) is 4.10. The van der Waals surface area contributed by atoms with Crippen molar-refractivity contribution in [3.63, 3.8) is 0 Å². The Kier molecular flexibility index (Phi) is 5.30. The zero-order chi connectivity index (χ0) is 22.1. The van der Waals surface area contributed by atoms with Crippen molar-refractivity contribution in [2.24, 2.45) is 0 Å². The molecule has 2 aliphatic heterocycles. The van der Waals surface area contributed by atoms with Crippen LogP contribution in [0.4, 0.5) is 5.82 Å². The third kappa shape index (κ3) is 3.59. The van der Waals surface area contributed by atoms with Crippen LogP contribution in [0.3, 0.4) is 0 Å². The minimum atomic E-state index is -0.0298. The van der Waals surface area contributed by atoms with Crippen LogP contribution in [0.2, 0.25) is 0 Å². The smallest absolute Gasteiger partial charge is 0.254 e. The minimum Gasteiger partial charge on any atom is -0.493 e. The Labute approximate surface area is 185 Å². The van der Waals surface area contributed by atoms with E-state index in [1.54, 1.807) is 38.7 Å². The average Bonchev–Trinajstić information content (AvgIpc) is 2.86. The second-order valence-electron chi connectivity index (χ2n) is 7.56. The van der Waals surface area contributed by atoms with E-state index in [-0.39, 0.29) is 5.91 Å². The number of anilines is 1. The van der Waals surface area contributed by atoms with Gasteiger partial charge in [-0.1, -0.05) is 0 Å². The number of nitrogens with zero attached hydrogens (tertiary/aromatic N) is 4. The lowest BCUT2D eigenvalue weighted by atomic mass is 10.1. The van der Waals surface area contributed by atoms with Crippen molar-refractivity contribution in [2.75, 3.05) is 58.5 Å². The lowest BCUT2D eigenvalue weighted by Gasteiger charge is -2.36. The number of carbonyl (C=O) groups excluding carboxylic acids is 1. The highest BCUT2D eigenvalue weighted by atomic mass is 16.6. The van der Waals surface area contributed by atoms with E-state index in [0.717, 1.165) is 16.7 Å². The molecule has 0 aliphatic carbocycles. The van der Waals surface area contributed by atoms with Gasteiger partial charge in [0.15, 0.2) is 23.0 Å². The van der Waals surface area contributed by atoms with Crippen molar-refractivity contribution >= 4 is 22.6 Å². The van der Waals surface area contributed by atoms with E-state index in [9.17, 15) is 4.79 Å². The van der Waals surface area contributed by atoms with Crippen LogP contribution in [0.15, 0.2) is 36.7 Å². The first-order valence-electron chi connectivity index (χ1n) is 10.5. The summed E-state index contributed by atoms with van der Waals surface area (Å²) in [5, 5.41) is 0.913. The summed E-state index contributed by atoms with van der Waals surface area (Å²) in [6.07, 6.45) is 1.56. The van der Waals surface area contributed by atoms with Crippen molar-refractivity contribution < 1.29 is 23.7 Å². The number of rotatable bonds is 4. The van der Waals surface area contributed by atoms with Crippen LogP contribution < -0.4 is 23.8 Å². The molecular weight excluding hydrogens is 412 g/mol. The summed E-state index contributed by atoms with van der Waals surface area (Å²) in [6, 6.07) is 9.07. The third-order valence-corrected chi connectivity index (χ3v) is 5.78. The highest BCUT2D eigenvalue weighted by Crippen LogP contribution is 2.37. The second kappa shape index (κ2) is 8.41. The SMILES string of the molecule is COc1ccc(C(=O)N2CCN(c3ncnc4cc5c(cc34)OCCO5)CC2)cc1OC. The molecule has 0 atom stereocenters. The van der Waals surface area contributed by atoms with Gasteiger partial charge in [0, 0.05) is 43.2 Å². The molecule has 1 amide bonds. The topological polar surface area (TPSA) is 86.3 Å². The van der Waals surface area contributed by atoms with Crippen molar-refractivity contribution in [1.82, 2.24) is 14.9 Å². The molecule has 0 bridgehead atoms. The molecular formula is C23H24N4O5. The summed E-state index contributed by atoms with van der Waals surface area (Å²) in [4.78, 5) is 26.0. The number of ether oxygens (including phenoxy) is 4. The fraction of sp³-hybridized carbons (Fsp3) is 0.348. The largest absolute Gasteiger partial charge is 0.493 e. The summed E-state index contributed by atoms with van der Waals surface area (Å²) >= 11 is 0. The Bertz CT molecular complexity index is 1160. The zero-order valence-electron chi connectivity index (χ0n) is 18.0. The van der Waals surface area contributed by atoms with Gasteiger partial charge in [-0.2, -0.15) is 0 Å². The van der Waals surface area contributed by atoms with Gasteiger partial charge in [0.25, 0.3) is 5.91 Å². The summed E-state index contributed by atoms with van der Waals surface area (Å²) in [5.74, 6) is 3.36. The molecule has 3 heterocycles. The van der Waals surface area contributed by atoms with Gasteiger partial charge in [-0.15, -0.1) is 0 Å². The summed E-state index contributed by atoms with van der Waals surface area (Å²) < 4.78 is 22.0. The maximum absolute atomic E-state index is 13.0. The fourth-order valence-corrected chi connectivity index (χ4v) is 4.10. The first-order valence-corrected chi connectivity index (χ1v) is 10.5. The Hall–Kier alpha value is -3.75. The number of fused-ring (bicyclic) bond motifs is 2. The second-order valence-corrected chi connectivity index (χ2v) is 7.56. The predicted molar refractivity (Wildman–Crippen MR) is 118 cm³/mol. The van der Waals surface area contributed by atoms with Crippen LogP contribution in [0, 0.1) is 0 Å². The van der Waals surface area contributed by atoms with Crippen LogP contribution >= 0.6 is 0 Å². The Balaban J connectivity index is 1.34. The van der Waals surface area contributed by atoms with E-state index in [4.69, 9.17) is 18.9 Å². The standard InChI is InChI=1S/C23H24N4O5/c1-29-18-4-3-15(11-19(18)30-2)23(28)27-7-5-26(6-8-27)22-16-12-20-21(32-10-9-31-20)13-17(16)24-14-25-22/h3-4,11-14H,5-10H2,1-2H3. The number of benzene rings is 2. The van der Waals surface area contributed by atoms with E-state index in [1.807, 2.05) is 17.0 Å². The van der Waals surface area contributed by atoms with E-state index >= 15 is 0 Å². The van der Waals surface area contributed by atoms with E-state index in [0.29, 0.717) is 68.0 Å². The molecule has 1 fully saturated rings. The lowest BCUT2D eigenvalue weighted by molar-refractivity contribution is 0.0746. The van der Waals surface area contributed by atoms with Gasteiger partial charge in [0.05, 0.1) is 19.7 Å². The highest BCUT2D eigenvalue weighted by Gasteiger charge is 2.25. The summed E-state index contributed by atoms with van der Waals surface area (Å²) in [5.41, 5.74) is 1.38. The van der Waals surface area contributed by atoms with Gasteiger partial charge >= 0.3 is 0 Å². The molecule has 0 spiro atoms. The van der Waals surface area contributed by atoms with Gasteiger partial charge in [-0.25, -0.2) is 9.97 Å². The lowest BCUT2D eigenvalue weighted by Crippen LogP contribution is -2.49. The average molecular weight is 436 g/mol. The molecule has 0 unspecified atom stereocenters. The first kappa shape index (κ1) is 20.2. The third-order valence-electron chi connectivity index (χ3n) is 5.78. The number of piperazine rings is 1. The van der Waals surface area contributed by atoms with Crippen molar-refractivity contribution in [1.29, 1.82) is 0 Å². The number of hydrogen-bond acceptors (Lipinski definition) is 8. The first-order chi connectivity index (χ1) is 15.7. The molecule has 166 valence electrons. The van der Waals surface area contributed by atoms with Crippen LogP contribution in [0.25, 0.3) is 10.9 Å². The molecule has 3 aromatic rings. The van der Waals surface area contributed by atoms with E-state index in [2.05, 4.69) is 14.9 Å². The highest BCUT2D eigenvalue weighted by molar-refractivity contribution is 5.95. The van der Waals surface area contributed by atoms with Gasteiger partial charge in [0.1, 0.15) is 25.4 Å². The van der Waals surface area contributed by atoms with E-state index in [1.165, 1.54) is 0 Å². The quantitative estimate of drug-likeness (QED) is 0.616. The monoisotopic (exact) mass is 436 g/mol. The maximum Gasteiger partial charge on any atom is 0.254 e. The van der Waals surface area contributed by atoms with Crippen molar-refractivity contribution in [3.8, 4) is 23.0 Å². The molecule has 5 rings (SSSR count). The molecule has 2 aromatic carbocycles. The molecule has 1 aromatic heterocycles. The summed E-state index contributed by atoms with van der Waals surface area (Å²) in [7, 11) is 3.13.